The molecular weight excluding hydrogens is 375 g/mol. The Morgan fingerprint density at radius 3 is 2.78 bits per heavy atom. The fourth-order valence-corrected chi connectivity index (χ4v) is 5.18. The molecule has 2 aromatic carbocycles. The predicted octanol–water partition coefficient (Wildman–Crippen LogP) is 5.84. The molecule has 4 rings (SSSR count). The molecular formula is C23H28Cl2N2. The molecule has 27 heavy (non-hydrogen) atoms. The molecule has 2 nitrogen and oxygen atoms in total. The summed E-state index contributed by atoms with van der Waals surface area (Å²) in [7, 11) is 0. The fraction of sp³-hybridized carbons (Fsp3) is 0.478. The van der Waals surface area contributed by atoms with Gasteiger partial charge in [-0.1, -0.05) is 66.0 Å². The molecule has 1 fully saturated rings. The van der Waals surface area contributed by atoms with Crippen LogP contribution in [0.4, 0.5) is 0 Å². The van der Waals surface area contributed by atoms with Crippen LogP contribution in [-0.2, 0) is 6.42 Å². The van der Waals surface area contributed by atoms with Gasteiger partial charge in [0, 0.05) is 25.7 Å². The van der Waals surface area contributed by atoms with Crippen molar-refractivity contribution in [2.24, 2.45) is 0 Å². The molecule has 2 aromatic rings. The largest absolute Gasteiger partial charge is 0.314 e. The Kier molecular flexibility index (Phi) is 6.39. The Morgan fingerprint density at radius 2 is 1.85 bits per heavy atom. The van der Waals surface area contributed by atoms with Crippen LogP contribution in [0.25, 0.3) is 0 Å². The summed E-state index contributed by atoms with van der Waals surface area (Å²) < 4.78 is 0. The van der Waals surface area contributed by atoms with Crippen molar-refractivity contribution in [2.75, 3.05) is 26.2 Å². The summed E-state index contributed by atoms with van der Waals surface area (Å²) in [6, 6.07) is 15.3. The summed E-state index contributed by atoms with van der Waals surface area (Å²) in [5.74, 6) is 0.766. The molecule has 1 aliphatic heterocycles. The van der Waals surface area contributed by atoms with E-state index in [-0.39, 0.29) is 0 Å². The zero-order valence-corrected chi connectivity index (χ0v) is 17.3. The highest BCUT2D eigenvalue weighted by atomic mass is 35.5. The van der Waals surface area contributed by atoms with Gasteiger partial charge in [-0.05, 0) is 60.9 Å². The van der Waals surface area contributed by atoms with Gasteiger partial charge in [-0.25, -0.2) is 0 Å². The van der Waals surface area contributed by atoms with E-state index in [1.807, 2.05) is 12.1 Å². The maximum absolute atomic E-state index is 6.50. The standard InChI is InChI=1S/C23H28Cl2N2/c24-21-10-5-9-20(23(21)25)22-16-26-13-15-27(22)14-4-3-7-18-12-11-17-6-1-2-8-19(17)18/h1-2,5-6,8-10,18,22,26H,3-4,7,11-16H2. The van der Waals surface area contributed by atoms with Crippen LogP contribution < -0.4 is 5.32 Å². The smallest absolute Gasteiger partial charge is 0.0640 e. The van der Waals surface area contributed by atoms with Crippen molar-refractivity contribution >= 4 is 23.2 Å². The van der Waals surface area contributed by atoms with E-state index >= 15 is 0 Å². The van der Waals surface area contributed by atoms with Gasteiger partial charge >= 0.3 is 0 Å². The molecule has 0 radical (unpaired) electrons. The van der Waals surface area contributed by atoms with Crippen molar-refractivity contribution in [2.45, 2.75) is 44.1 Å². The average molecular weight is 403 g/mol. The Balaban J connectivity index is 1.32. The second-order valence-electron chi connectivity index (χ2n) is 7.83. The van der Waals surface area contributed by atoms with Crippen LogP contribution in [-0.4, -0.2) is 31.1 Å². The van der Waals surface area contributed by atoms with Crippen molar-refractivity contribution in [1.82, 2.24) is 10.2 Å². The molecule has 1 N–H and O–H groups in total. The Labute approximate surface area is 172 Å². The van der Waals surface area contributed by atoms with Crippen LogP contribution in [0.2, 0.25) is 10.0 Å². The lowest BCUT2D eigenvalue weighted by molar-refractivity contribution is 0.158. The third-order valence-corrected chi connectivity index (χ3v) is 7.03. The van der Waals surface area contributed by atoms with Gasteiger partial charge in [0.15, 0.2) is 0 Å². The lowest BCUT2D eigenvalue weighted by Crippen LogP contribution is -2.46. The summed E-state index contributed by atoms with van der Waals surface area (Å²) in [6.07, 6.45) is 6.43. The number of hydrogen-bond donors (Lipinski definition) is 1. The van der Waals surface area contributed by atoms with Crippen LogP contribution in [0.3, 0.4) is 0 Å². The number of benzene rings is 2. The Bertz CT molecular complexity index is 777. The minimum atomic E-state index is 0.317. The van der Waals surface area contributed by atoms with Crippen LogP contribution in [0.5, 0.6) is 0 Å². The zero-order chi connectivity index (χ0) is 18.6. The first-order valence-electron chi connectivity index (χ1n) is 10.2. The number of piperazine rings is 1. The van der Waals surface area contributed by atoms with Crippen molar-refractivity contribution in [3.8, 4) is 0 Å². The average Bonchev–Trinajstić information content (AvgIpc) is 3.11. The number of nitrogens with one attached hydrogen (secondary N) is 1. The van der Waals surface area contributed by atoms with Gasteiger partial charge in [0.05, 0.1) is 10.0 Å². The van der Waals surface area contributed by atoms with E-state index in [0.717, 1.165) is 37.7 Å². The summed E-state index contributed by atoms with van der Waals surface area (Å²) in [5, 5.41) is 4.87. The van der Waals surface area contributed by atoms with Gasteiger partial charge in [-0.15, -0.1) is 0 Å². The maximum Gasteiger partial charge on any atom is 0.0640 e. The van der Waals surface area contributed by atoms with Crippen LogP contribution in [0.1, 0.15) is 54.3 Å². The number of unbranched alkanes of at least 4 members (excludes halogenated alkanes) is 1. The lowest BCUT2D eigenvalue weighted by Gasteiger charge is -2.37. The van der Waals surface area contributed by atoms with Crippen molar-refractivity contribution in [3.05, 3.63) is 69.2 Å². The van der Waals surface area contributed by atoms with Crippen LogP contribution in [0.15, 0.2) is 42.5 Å². The quantitative estimate of drug-likeness (QED) is 0.610. The summed E-state index contributed by atoms with van der Waals surface area (Å²) in [5.41, 5.74) is 4.32. The first-order chi connectivity index (χ1) is 13.2. The summed E-state index contributed by atoms with van der Waals surface area (Å²) >= 11 is 12.8. The van der Waals surface area contributed by atoms with Gasteiger partial charge in [0.1, 0.15) is 0 Å². The van der Waals surface area contributed by atoms with Crippen molar-refractivity contribution in [1.29, 1.82) is 0 Å². The van der Waals surface area contributed by atoms with E-state index in [2.05, 4.69) is 40.5 Å². The Hall–Kier alpha value is -1.06. The van der Waals surface area contributed by atoms with Gasteiger partial charge in [0.2, 0.25) is 0 Å². The number of hydrogen-bond acceptors (Lipinski definition) is 2. The second kappa shape index (κ2) is 8.96. The monoisotopic (exact) mass is 402 g/mol. The molecule has 2 atom stereocenters. The number of fused-ring (bicyclic) bond motifs is 1. The third kappa shape index (κ3) is 4.35. The molecule has 4 heteroatoms. The highest BCUT2D eigenvalue weighted by Gasteiger charge is 2.26. The predicted molar refractivity (Wildman–Crippen MR) is 115 cm³/mol. The van der Waals surface area contributed by atoms with Crippen LogP contribution in [0, 0.1) is 0 Å². The highest BCUT2D eigenvalue weighted by molar-refractivity contribution is 6.42. The van der Waals surface area contributed by atoms with Crippen LogP contribution >= 0.6 is 23.2 Å². The Morgan fingerprint density at radius 1 is 1.00 bits per heavy atom. The molecule has 2 unspecified atom stereocenters. The number of rotatable bonds is 6. The lowest BCUT2D eigenvalue weighted by atomic mass is 9.95. The second-order valence-corrected chi connectivity index (χ2v) is 8.61. The van der Waals surface area contributed by atoms with E-state index in [4.69, 9.17) is 23.2 Å². The van der Waals surface area contributed by atoms with E-state index in [0.29, 0.717) is 16.1 Å². The number of nitrogens with zero attached hydrogens (tertiary/aromatic N) is 1. The SMILES string of the molecule is Clc1cccc(C2CNCCN2CCCCC2CCc3ccccc32)c1Cl. The van der Waals surface area contributed by atoms with Gasteiger partial charge in [-0.3, -0.25) is 4.90 Å². The minimum absolute atomic E-state index is 0.317. The first kappa shape index (κ1) is 19.3. The topological polar surface area (TPSA) is 15.3 Å². The summed E-state index contributed by atoms with van der Waals surface area (Å²) in [4.78, 5) is 2.58. The van der Waals surface area contributed by atoms with E-state index in [9.17, 15) is 0 Å². The van der Waals surface area contributed by atoms with E-state index in [1.165, 1.54) is 32.1 Å². The maximum atomic E-state index is 6.50. The fourth-order valence-electron chi connectivity index (χ4n) is 4.75. The van der Waals surface area contributed by atoms with E-state index < -0.39 is 0 Å². The molecule has 0 amide bonds. The van der Waals surface area contributed by atoms with Crippen molar-refractivity contribution in [3.63, 3.8) is 0 Å². The zero-order valence-electron chi connectivity index (χ0n) is 15.8. The van der Waals surface area contributed by atoms with Gasteiger partial charge in [-0.2, -0.15) is 0 Å². The molecule has 1 aliphatic carbocycles. The molecule has 0 spiro atoms. The number of aryl methyl sites for hydroxylation is 1. The summed E-state index contributed by atoms with van der Waals surface area (Å²) in [6.45, 7) is 4.18. The number of halogens is 2. The first-order valence-corrected chi connectivity index (χ1v) is 11.0. The van der Waals surface area contributed by atoms with E-state index in [1.54, 1.807) is 11.1 Å². The molecule has 144 valence electrons. The molecule has 0 saturated carbocycles. The normalized spacial score (nSPS) is 22.7. The third-order valence-electron chi connectivity index (χ3n) is 6.20. The van der Waals surface area contributed by atoms with Gasteiger partial charge < -0.3 is 5.32 Å². The van der Waals surface area contributed by atoms with Crippen molar-refractivity contribution < 1.29 is 0 Å². The molecule has 1 heterocycles. The molecule has 0 aromatic heterocycles. The van der Waals surface area contributed by atoms with Gasteiger partial charge in [0.25, 0.3) is 0 Å². The minimum Gasteiger partial charge on any atom is -0.314 e. The molecule has 2 aliphatic rings. The molecule has 0 bridgehead atoms. The highest BCUT2D eigenvalue weighted by Crippen LogP contribution is 2.37. The molecule has 1 saturated heterocycles.